The van der Waals surface area contributed by atoms with Crippen LogP contribution < -0.4 is 10.2 Å². The van der Waals surface area contributed by atoms with Crippen molar-refractivity contribution in [1.82, 2.24) is 5.32 Å². The molecule has 0 unspecified atom stereocenters. The fourth-order valence-electron chi connectivity index (χ4n) is 2.26. The normalized spacial score (nSPS) is 16.3. The highest BCUT2D eigenvalue weighted by molar-refractivity contribution is 9.10. The minimum atomic E-state index is -0.562. The molecule has 1 saturated heterocycles. The van der Waals surface area contributed by atoms with E-state index in [0.717, 1.165) is 4.47 Å². The molecule has 25 heavy (non-hydrogen) atoms. The minimum Gasteiger partial charge on any atom is -0.507 e. The number of nitrogens with zero attached hydrogens (tertiary/aromatic N) is 1. The van der Waals surface area contributed by atoms with E-state index in [1.54, 1.807) is 36.4 Å². The highest BCUT2D eigenvalue weighted by atomic mass is 79.9. The monoisotopic (exact) mass is 480 g/mol. The van der Waals surface area contributed by atoms with Crippen molar-refractivity contribution in [3.05, 3.63) is 62.5 Å². The van der Waals surface area contributed by atoms with Gasteiger partial charge >= 0.3 is 0 Å². The van der Waals surface area contributed by atoms with Crippen LogP contribution in [0, 0.1) is 0 Å². The highest BCUT2D eigenvalue weighted by Gasteiger charge is 2.34. The zero-order valence-electron chi connectivity index (χ0n) is 12.5. The third kappa shape index (κ3) is 3.65. The van der Waals surface area contributed by atoms with E-state index in [1.165, 1.54) is 17.0 Å². The van der Waals surface area contributed by atoms with E-state index in [2.05, 4.69) is 37.2 Å². The minimum absolute atomic E-state index is 0.0290. The maximum atomic E-state index is 12.8. The summed E-state index contributed by atoms with van der Waals surface area (Å²) < 4.78 is 1.33. The zero-order chi connectivity index (χ0) is 18.1. The number of hydrogen-bond donors (Lipinski definition) is 2. The van der Waals surface area contributed by atoms with E-state index >= 15 is 0 Å². The number of nitrogens with one attached hydrogen (secondary N) is 1. The molecule has 126 valence electrons. The lowest BCUT2D eigenvalue weighted by Gasteiger charge is -2.29. The molecule has 5 nitrogen and oxygen atoms in total. The Hall–Kier alpha value is -2.03. The Morgan fingerprint density at radius 3 is 2.40 bits per heavy atom. The van der Waals surface area contributed by atoms with E-state index in [9.17, 15) is 14.7 Å². The average molecular weight is 482 g/mol. The third-order valence-corrected chi connectivity index (χ3v) is 4.92. The van der Waals surface area contributed by atoms with Crippen LogP contribution in [0.15, 0.2) is 57.0 Å². The summed E-state index contributed by atoms with van der Waals surface area (Å²) in [5.74, 6) is -1.01. The van der Waals surface area contributed by atoms with Crippen LogP contribution in [0.25, 0.3) is 6.08 Å². The van der Waals surface area contributed by atoms with Gasteiger partial charge in [0.05, 0.1) is 10.2 Å². The molecule has 0 radical (unpaired) electrons. The van der Waals surface area contributed by atoms with Crippen molar-refractivity contribution < 1.29 is 14.7 Å². The predicted molar refractivity (Wildman–Crippen MR) is 106 cm³/mol. The second-order valence-corrected chi connectivity index (χ2v) is 7.30. The van der Waals surface area contributed by atoms with Gasteiger partial charge in [0, 0.05) is 4.47 Å². The molecule has 0 atom stereocenters. The van der Waals surface area contributed by atoms with Crippen LogP contribution >= 0.6 is 44.1 Å². The fourth-order valence-corrected chi connectivity index (χ4v) is 3.20. The molecule has 0 bridgehead atoms. The van der Waals surface area contributed by atoms with Crippen molar-refractivity contribution in [3.63, 3.8) is 0 Å². The first-order valence-corrected chi connectivity index (χ1v) is 9.02. The highest BCUT2D eigenvalue weighted by Crippen LogP contribution is 2.27. The molecule has 3 rings (SSSR count). The lowest BCUT2D eigenvalue weighted by atomic mass is 10.1. The Morgan fingerprint density at radius 1 is 1.08 bits per heavy atom. The molecule has 2 N–H and O–H groups in total. The van der Waals surface area contributed by atoms with Crippen LogP contribution in [0.3, 0.4) is 0 Å². The van der Waals surface area contributed by atoms with E-state index in [-0.39, 0.29) is 16.4 Å². The van der Waals surface area contributed by atoms with Gasteiger partial charge in [-0.15, -0.1) is 0 Å². The molecule has 2 aromatic carbocycles. The predicted octanol–water partition coefficient (Wildman–Crippen LogP) is 3.75. The molecule has 1 aliphatic heterocycles. The van der Waals surface area contributed by atoms with Gasteiger partial charge in [0.1, 0.15) is 11.3 Å². The van der Waals surface area contributed by atoms with Crippen LogP contribution in [-0.2, 0) is 9.59 Å². The standard InChI is InChI=1S/C17H10Br2N2O3S/c18-10-2-4-11(5-3-10)21-16(24)12(15(23)20-17(21)25)7-9-1-6-14(22)13(19)8-9/h1-8,22H,(H,20,23,25)/b12-7+. The number of halogens is 2. The third-order valence-electron chi connectivity index (χ3n) is 3.47. The van der Waals surface area contributed by atoms with Crippen molar-refractivity contribution in [3.8, 4) is 5.75 Å². The molecule has 0 aromatic heterocycles. The number of rotatable bonds is 2. The summed E-state index contributed by atoms with van der Waals surface area (Å²) in [4.78, 5) is 26.3. The first-order chi connectivity index (χ1) is 11.9. The summed E-state index contributed by atoms with van der Waals surface area (Å²) >= 11 is 11.7. The molecule has 0 aliphatic carbocycles. The summed E-state index contributed by atoms with van der Waals surface area (Å²) in [7, 11) is 0. The molecular weight excluding hydrogens is 472 g/mol. The van der Waals surface area contributed by atoms with Gasteiger partial charge in [-0.2, -0.15) is 0 Å². The Morgan fingerprint density at radius 2 is 1.76 bits per heavy atom. The van der Waals surface area contributed by atoms with Gasteiger partial charge in [-0.25, -0.2) is 0 Å². The maximum absolute atomic E-state index is 12.8. The van der Waals surface area contributed by atoms with Crippen molar-refractivity contribution in [1.29, 1.82) is 0 Å². The summed E-state index contributed by atoms with van der Waals surface area (Å²) in [6, 6.07) is 11.7. The van der Waals surface area contributed by atoms with Crippen molar-refractivity contribution in [2.75, 3.05) is 4.90 Å². The van der Waals surface area contributed by atoms with Gasteiger partial charge in [0.2, 0.25) is 0 Å². The number of benzene rings is 2. The van der Waals surface area contributed by atoms with Gasteiger partial charge in [-0.1, -0.05) is 22.0 Å². The summed E-state index contributed by atoms with van der Waals surface area (Å²) in [5.41, 5.74) is 1.09. The molecule has 2 aromatic rings. The van der Waals surface area contributed by atoms with Crippen LogP contribution in [0.4, 0.5) is 5.69 Å². The molecule has 8 heteroatoms. The SMILES string of the molecule is O=C1NC(=S)N(c2ccc(Br)cc2)C(=O)/C1=C/c1ccc(O)c(Br)c1. The number of thiocarbonyl (C=S) groups is 1. The number of phenols is 1. The van der Waals surface area contributed by atoms with Crippen molar-refractivity contribution in [2.45, 2.75) is 0 Å². The topological polar surface area (TPSA) is 69.6 Å². The molecule has 0 saturated carbocycles. The summed E-state index contributed by atoms with van der Waals surface area (Å²) in [6.45, 7) is 0. The van der Waals surface area contributed by atoms with E-state index in [0.29, 0.717) is 15.7 Å². The summed E-state index contributed by atoms with van der Waals surface area (Å²) in [6.07, 6.45) is 1.45. The van der Waals surface area contributed by atoms with E-state index < -0.39 is 11.8 Å². The van der Waals surface area contributed by atoms with Crippen molar-refractivity contribution >= 4 is 72.8 Å². The van der Waals surface area contributed by atoms with Gasteiger partial charge in [0.25, 0.3) is 11.8 Å². The van der Waals surface area contributed by atoms with Crippen molar-refractivity contribution in [2.24, 2.45) is 0 Å². The lowest BCUT2D eigenvalue weighted by molar-refractivity contribution is -0.122. The zero-order valence-corrected chi connectivity index (χ0v) is 16.5. The van der Waals surface area contributed by atoms with Crippen LogP contribution in [0.2, 0.25) is 0 Å². The molecule has 1 aliphatic rings. The molecule has 0 spiro atoms. The Kier molecular flexibility index (Phi) is 5.03. The summed E-state index contributed by atoms with van der Waals surface area (Å²) in [5, 5.41) is 12.1. The van der Waals surface area contributed by atoms with Gasteiger partial charge in [0.15, 0.2) is 5.11 Å². The molecule has 1 fully saturated rings. The number of aromatic hydroxyl groups is 1. The number of anilines is 1. The first-order valence-electron chi connectivity index (χ1n) is 7.02. The Bertz CT molecular complexity index is 926. The van der Waals surface area contributed by atoms with Crippen LogP contribution in [0.5, 0.6) is 5.75 Å². The number of carbonyl (C=O) groups excluding carboxylic acids is 2. The first kappa shape index (κ1) is 17.8. The Balaban J connectivity index is 2.01. The smallest absolute Gasteiger partial charge is 0.270 e. The van der Waals surface area contributed by atoms with E-state index in [1.807, 2.05) is 0 Å². The molecular formula is C17H10Br2N2O3S. The quantitative estimate of drug-likeness (QED) is 0.389. The van der Waals surface area contributed by atoms with E-state index in [4.69, 9.17) is 12.2 Å². The molecule has 1 heterocycles. The number of carbonyl (C=O) groups is 2. The van der Waals surface area contributed by atoms with Gasteiger partial charge < -0.3 is 5.11 Å². The van der Waals surface area contributed by atoms with Crippen LogP contribution in [0.1, 0.15) is 5.56 Å². The number of hydrogen-bond acceptors (Lipinski definition) is 4. The second-order valence-electron chi connectivity index (χ2n) is 5.15. The van der Waals surface area contributed by atoms with Gasteiger partial charge in [-0.3, -0.25) is 19.8 Å². The van der Waals surface area contributed by atoms with Crippen LogP contribution in [-0.4, -0.2) is 22.0 Å². The largest absolute Gasteiger partial charge is 0.507 e. The molecule has 2 amide bonds. The van der Waals surface area contributed by atoms with Gasteiger partial charge in [-0.05, 0) is 76.2 Å². The maximum Gasteiger partial charge on any atom is 0.270 e. The number of amides is 2. The lowest BCUT2D eigenvalue weighted by Crippen LogP contribution is -2.54. The average Bonchev–Trinajstić information content (AvgIpc) is 2.56. The second kappa shape index (κ2) is 7.07. The number of phenolic OH excluding ortho intramolecular Hbond substituents is 1. The Labute approximate surface area is 165 Å². The fraction of sp³-hybridized carbons (Fsp3) is 0.